The van der Waals surface area contributed by atoms with Crippen LogP contribution in [0, 0.1) is 0 Å². The number of nitrogens with one attached hydrogen (secondary N) is 1. The van der Waals surface area contributed by atoms with Gasteiger partial charge in [-0.2, -0.15) is 0 Å². The molecule has 3 rings (SSSR count). The van der Waals surface area contributed by atoms with Crippen molar-refractivity contribution >= 4 is 29.0 Å². The minimum atomic E-state index is -0.228. The molecule has 0 unspecified atom stereocenters. The molecule has 26 heavy (non-hydrogen) atoms. The van der Waals surface area contributed by atoms with Gasteiger partial charge in [0.1, 0.15) is 5.69 Å². The van der Waals surface area contributed by atoms with Gasteiger partial charge < -0.3 is 10.2 Å². The number of rotatable bonds is 5. The van der Waals surface area contributed by atoms with Crippen LogP contribution in [0.1, 0.15) is 27.8 Å². The lowest BCUT2D eigenvalue weighted by atomic mass is 10.1. The lowest BCUT2D eigenvalue weighted by molar-refractivity contribution is 0.0986. The fourth-order valence-electron chi connectivity index (χ4n) is 2.40. The number of hydrogen-bond donors (Lipinski definition) is 1. The first-order valence-electron chi connectivity index (χ1n) is 8.09. The number of anilines is 3. The average Bonchev–Trinajstić information content (AvgIpc) is 2.68. The van der Waals surface area contributed by atoms with Crippen molar-refractivity contribution < 1.29 is 9.59 Å². The molecule has 3 aromatic rings. The van der Waals surface area contributed by atoms with E-state index in [0.29, 0.717) is 11.5 Å². The topological polar surface area (TPSA) is 75.2 Å². The Bertz CT molecular complexity index is 924. The van der Waals surface area contributed by atoms with Crippen molar-refractivity contribution in [1.29, 1.82) is 0 Å². The molecule has 0 bridgehead atoms. The molecule has 0 aliphatic heterocycles. The summed E-state index contributed by atoms with van der Waals surface area (Å²) in [5.41, 5.74) is 2.43. The van der Waals surface area contributed by atoms with Crippen LogP contribution in [0.4, 0.5) is 17.3 Å². The van der Waals surface area contributed by atoms with E-state index in [1.165, 1.54) is 18.0 Å². The summed E-state index contributed by atoms with van der Waals surface area (Å²) in [6.45, 7) is 1.52. The first-order chi connectivity index (χ1) is 12.5. The van der Waals surface area contributed by atoms with E-state index in [2.05, 4.69) is 15.3 Å². The second-order valence-corrected chi connectivity index (χ2v) is 5.72. The van der Waals surface area contributed by atoms with Gasteiger partial charge in [0.05, 0.1) is 0 Å². The molecule has 0 radical (unpaired) electrons. The highest BCUT2D eigenvalue weighted by atomic mass is 16.2. The molecular weight excluding hydrogens is 328 g/mol. The van der Waals surface area contributed by atoms with Crippen LogP contribution in [0.3, 0.4) is 0 Å². The van der Waals surface area contributed by atoms with Gasteiger partial charge in [-0.3, -0.25) is 9.59 Å². The molecular formula is C20H18N4O2. The van der Waals surface area contributed by atoms with Crippen molar-refractivity contribution in [3.05, 3.63) is 78.1 Å². The molecule has 2 aromatic carbocycles. The fraction of sp³-hybridized carbons (Fsp3) is 0.100. The number of carbonyl (C=O) groups is 2. The van der Waals surface area contributed by atoms with Crippen molar-refractivity contribution in [3.8, 4) is 0 Å². The molecule has 0 spiro atoms. The monoisotopic (exact) mass is 346 g/mol. The zero-order valence-corrected chi connectivity index (χ0v) is 14.5. The van der Waals surface area contributed by atoms with E-state index < -0.39 is 0 Å². The summed E-state index contributed by atoms with van der Waals surface area (Å²) < 4.78 is 0. The van der Waals surface area contributed by atoms with E-state index in [0.717, 1.165) is 11.4 Å². The lowest BCUT2D eigenvalue weighted by Gasteiger charge is -2.17. The molecule has 1 N–H and O–H groups in total. The van der Waals surface area contributed by atoms with Gasteiger partial charge in [0, 0.05) is 30.2 Å². The highest BCUT2D eigenvalue weighted by molar-refractivity contribution is 6.04. The summed E-state index contributed by atoms with van der Waals surface area (Å²) in [4.78, 5) is 33.9. The predicted molar refractivity (Wildman–Crippen MR) is 101 cm³/mol. The number of aromatic nitrogens is 2. The summed E-state index contributed by atoms with van der Waals surface area (Å²) >= 11 is 0. The van der Waals surface area contributed by atoms with Gasteiger partial charge in [-0.15, -0.1) is 0 Å². The predicted octanol–water partition coefficient (Wildman–Crippen LogP) is 3.70. The van der Waals surface area contributed by atoms with Gasteiger partial charge in [-0.05, 0) is 49.4 Å². The summed E-state index contributed by atoms with van der Waals surface area (Å²) in [7, 11) is 1.70. The van der Waals surface area contributed by atoms with Crippen LogP contribution in [0.25, 0.3) is 0 Å². The summed E-state index contributed by atoms with van der Waals surface area (Å²) in [6.07, 6.45) is 1.53. The number of ketones is 1. The summed E-state index contributed by atoms with van der Waals surface area (Å²) in [5.74, 6) is 0.0887. The van der Waals surface area contributed by atoms with Crippen LogP contribution in [-0.2, 0) is 0 Å². The average molecular weight is 346 g/mol. The maximum atomic E-state index is 12.6. The third-order valence-corrected chi connectivity index (χ3v) is 3.87. The van der Waals surface area contributed by atoms with Gasteiger partial charge in [-0.1, -0.05) is 18.2 Å². The zero-order valence-electron chi connectivity index (χ0n) is 14.5. The maximum Gasteiger partial charge on any atom is 0.276 e. The molecule has 0 aliphatic rings. The van der Waals surface area contributed by atoms with Crippen LogP contribution in [0.2, 0.25) is 0 Å². The Kier molecular flexibility index (Phi) is 5.03. The minimum absolute atomic E-state index is 0.00402. The molecule has 0 atom stereocenters. The number of carbonyl (C=O) groups excluding carboxylic acids is 2. The number of hydrogen-bond acceptors (Lipinski definition) is 5. The second kappa shape index (κ2) is 7.57. The Hall–Kier alpha value is -3.54. The Balaban J connectivity index is 1.77. The standard InChI is InChI=1S/C20H18N4O2/c1-14(25)15-8-10-16(11-9-15)22-20-21-13-12-18(23-20)19(26)24(2)17-6-4-3-5-7-17/h3-13H,1-2H3,(H,21,22,23). The van der Waals surface area contributed by atoms with Gasteiger partial charge >= 0.3 is 0 Å². The molecule has 0 fully saturated rings. The van der Waals surface area contributed by atoms with E-state index in [9.17, 15) is 9.59 Å². The summed E-state index contributed by atoms with van der Waals surface area (Å²) in [5, 5.41) is 3.04. The largest absolute Gasteiger partial charge is 0.324 e. The van der Waals surface area contributed by atoms with Crippen molar-refractivity contribution in [1.82, 2.24) is 9.97 Å². The Labute approximate surface area is 151 Å². The highest BCUT2D eigenvalue weighted by Gasteiger charge is 2.15. The number of nitrogens with zero attached hydrogens (tertiary/aromatic N) is 3. The summed E-state index contributed by atoms with van der Waals surface area (Å²) in [6, 6.07) is 17.9. The van der Waals surface area contributed by atoms with Crippen LogP contribution >= 0.6 is 0 Å². The molecule has 1 aromatic heterocycles. The van der Waals surface area contributed by atoms with Crippen molar-refractivity contribution in [3.63, 3.8) is 0 Å². The van der Waals surface area contributed by atoms with Crippen molar-refractivity contribution in [2.75, 3.05) is 17.3 Å². The minimum Gasteiger partial charge on any atom is -0.324 e. The molecule has 0 saturated carbocycles. The first kappa shape index (κ1) is 17.3. The zero-order chi connectivity index (χ0) is 18.5. The Morgan fingerprint density at radius 1 is 0.962 bits per heavy atom. The van der Waals surface area contributed by atoms with Crippen LogP contribution in [0.15, 0.2) is 66.9 Å². The molecule has 0 aliphatic carbocycles. The number of amides is 1. The third-order valence-electron chi connectivity index (χ3n) is 3.87. The van der Waals surface area contributed by atoms with E-state index >= 15 is 0 Å². The number of benzene rings is 2. The van der Waals surface area contributed by atoms with Gasteiger partial charge in [0.15, 0.2) is 5.78 Å². The Morgan fingerprint density at radius 2 is 1.65 bits per heavy atom. The third kappa shape index (κ3) is 3.92. The van der Waals surface area contributed by atoms with Crippen LogP contribution in [-0.4, -0.2) is 28.7 Å². The molecule has 6 nitrogen and oxygen atoms in total. The lowest BCUT2D eigenvalue weighted by Crippen LogP contribution is -2.27. The van der Waals surface area contributed by atoms with Gasteiger partial charge in [-0.25, -0.2) is 9.97 Å². The quantitative estimate of drug-likeness (QED) is 0.713. The van der Waals surface area contributed by atoms with E-state index in [4.69, 9.17) is 0 Å². The normalized spacial score (nSPS) is 10.2. The SMILES string of the molecule is CC(=O)c1ccc(Nc2nccc(C(=O)N(C)c3ccccc3)n2)cc1. The van der Waals surface area contributed by atoms with Crippen molar-refractivity contribution in [2.45, 2.75) is 6.92 Å². The second-order valence-electron chi connectivity index (χ2n) is 5.72. The first-order valence-corrected chi connectivity index (χ1v) is 8.09. The smallest absolute Gasteiger partial charge is 0.276 e. The highest BCUT2D eigenvalue weighted by Crippen LogP contribution is 2.17. The Morgan fingerprint density at radius 3 is 2.31 bits per heavy atom. The molecule has 1 heterocycles. The van der Waals surface area contributed by atoms with Gasteiger partial charge in [0.2, 0.25) is 5.95 Å². The van der Waals surface area contributed by atoms with E-state index in [1.807, 2.05) is 30.3 Å². The van der Waals surface area contributed by atoms with Crippen LogP contribution < -0.4 is 10.2 Å². The van der Waals surface area contributed by atoms with E-state index in [-0.39, 0.29) is 17.4 Å². The molecule has 1 amide bonds. The maximum absolute atomic E-state index is 12.6. The fourth-order valence-corrected chi connectivity index (χ4v) is 2.40. The molecule has 6 heteroatoms. The number of para-hydroxylation sites is 1. The van der Waals surface area contributed by atoms with E-state index in [1.54, 1.807) is 37.4 Å². The van der Waals surface area contributed by atoms with Gasteiger partial charge in [0.25, 0.3) is 5.91 Å². The molecule has 0 saturated heterocycles. The number of Topliss-reactive ketones (excluding diaryl/α,β-unsaturated/α-hetero) is 1. The molecule has 130 valence electrons. The van der Waals surface area contributed by atoms with Crippen LogP contribution in [0.5, 0.6) is 0 Å². The van der Waals surface area contributed by atoms with Crippen molar-refractivity contribution in [2.24, 2.45) is 0 Å².